The molecule has 0 bridgehead atoms. The minimum Gasteiger partial charge on any atom is -0.386 e. The summed E-state index contributed by atoms with van der Waals surface area (Å²) in [6.45, 7) is 5.45. The third kappa shape index (κ3) is 8.81. The van der Waals surface area contributed by atoms with Crippen LogP contribution in [0.2, 0.25) is 0 Å². The van der Waals surface area contributed by atoms with Gasteiger partial charge in [0.2, 0.25) is 0 Å². The maximum absolute atomic E-state index is 12.9. The molecule has 0 fully saturated rings. The Morgan fingerprint density at radius 2 is 1.96 bits per heavy atom. The number of benzene rings is 1. The summed E-state index contributed by atoms with van der Waals surface area (Å²) in [5.74, 6) is 0.313. The summed E-state index contributed by atoms with van der Waals surface area (Å²) in [6, 6.07) is 5.78. The van der Waals surface area contributed by atoms with Gasteiger partial charge in [0.1, 0.15) is 5.82 Å². The van der Waals surface area contributed by atoms with Crippen LogP contribution in [-0.2, 0) is 9.47 Å². The fourth-order valence-corrected chi connectivity index (χ4v) is 1.94. The van der Waals surface area contributed by atoms with Crippen molar-refractivity contribution >= 4 is 5.96 Å². The maximum Gasteiger partial charge on any atom is 0.191 e. The van der Waals surface area contributed by atoms with Crippen molar-refractivity contribution in [2.75, 3.05) is 46.6 Å². The van der Waals surface area contributed by atoms with Crippen LogP contribution in [0.5, 0.6) is 0 Å². The third-order valence-electron chi connectivity index (χ3n) is 3.21. The summed E-state index contributed by atoms with van der Waals surface area (Å²) in [4.78, 5) is 4.35. The molecule has 24 heavy (non-hydrogen) atoms. The molecule has 0 aromatic heterocycles. The Bertz CT molecular complexity index is 469. The summed E-state index contributed by atoms with van der Waals surface area (Å²) in [5.41, 5.74) is 0.641. The summed E-state index contributed by atoms with van der Waals surface area (Å²) in [6.07, 6.45) is 0.0766. The van der Waals surface area contributed by atoms with Crippen LogP contribution in [0.4, 0.5) is 4.39 Å². The average molecular weight is 341 g/mol. The van der Waals surface area contributed by atoms with Gasteiger partial charge in [-0.25, -0.2) is 4.39 Å². The molecule has 0 aliphatic heterocycles. The van der Waals surface area contributed by atoms with Gasteiger partial charge in [-0.2, -0.15) is 0 Å². The Morgan fingerprint density at radius 3 is 2.62 bits per heavy atom. The molecule has 3 N–H and O–H groups in total. The van der Waals surface area contributed by atoms with Crippen LogP contribution < -0.4 is 10.6 Å². The van der Waals surface area contributed by atoms with E-state index in [-0.39, 0.29) is 12.4 Å². The topological polar surface area (TPSA) is 75.1 Å². The van der Waals surface area contributed by atoms with Crippen LogP contribution in [0.25, 0.3) is 0 Å². The zero-order chi connectivity index (χ0) is 17.6. The van der Waals surface area contributed by atoms with Crippen LogP contribution >= 0.6 is 0 Å². The molecule has 0 radical (unpaired) electrons. The zero-order valence-electron chi connectivity index (χ0n) is 14.4. The van der Waals surface area contributed by atoms with E-state index in [0.717, 1.165) is 13.0 Å². The molecule has 1 atom stereocenters. The van der Waals surface area contributed by atoms with E-state index in [4.69, 9.17) is 9.47 Å². The molecular weight excluding hydrogens is 313 g/mol. The van der Waals surface area contributed by atoms with Crippen LogP contribution in [-0.4, -0.2) is 57.6 Å². The lowest BCUT2D eigenvalue weighted by Gasteiger charge is -2.13. The minimum absolute atomic E-state index is 0.200. The normalized spacial score (nSPS) is 12.9. The largest absolute Gasteiger partial charge is 0.386 e. The molecule has 6 nitrogen and oxygen atoms in total. The van der Waals surface area contributed by atoms with Crippen molar-refractivity contribution in [2.45, 2.75) is 19.4 Å². The van der Waals surface area contributed by atoms with Crippen LogP contribution in [0, 0.1) is 5.82 Å². The molecule has 7 heteroatoms. The van der Waals surface area contributed by atoms with E-state index in [9.17, 15) is 9.50 Å². The van der Waals surface area contributed by atoms with E-state index in [2.05, 4.69) is 15.6 Å². The highest BCUT2D eigenvalue weighted by Gasteiger charge is 2.07. The quantitative estimate of drug-likeness (QED) is 0.323. The molecule has 1 rings (SSSR count). The summed E-state index contributed by atoms with van der Waals surface area (Å²) >= 11 is 0. The van der Waals surface area contributed by atoms with Gasteiger partial charge in [0, 0.05) is 26.8 Å². The number of nitrogens with one attached hydrogen (secondary N) is 2. The molecule has 0 aliphatic rings. The number of aliphatic hydroxyl groups is 1. The number of ether oxygens (including phenoxy) is 2. The number of aliphatic imine (C=N–C) groups is 1. The van der Waals surface area contributed by atoms with Gasteiger partial charge in [0.05, 0.1) is 25.9 Å². The summed E-state index contributed by atoms with van der Waals surface area (Å²) in [7, 11) is 1.64. The van der Waals surface area contributed by atoms with Crippen LogP contribution in [0.3, 0.4) is 0 Å². The van der Waals surface area contributed by atoms with Crippen LogP contribution in [0.1, 0.15) is 25.0 Å². The smallest absolute Gasteiger partial charge is 0.191 e. The van der Waals surface area contributed by atoms with Gasteiger partial charge in [-0.15, -0.1) is 0 Å². The lowest BCUT2D eigenvalue weighted by molar-refractivity contribution is 0.0698. The van der Waals surface area contributed by atoms with E-state index in [1.807, 2.05) is 6.92 Å². The first-order valence-corrected chi connectivity index (χ1v) is 8.19. The second-order valence-corrected chi connectivity index (χ2v) is 5.17. The van der Waals surface area contributed by atoms with Gasteiger partial charge in [0.15, 0.2) is 5.96 Å². The molecule has 0 saturated heterocycles. The average Bonchev–Trinajstić information content (AvgIpc) is 2.59. The fourth-order valence-electron chi connectivity index (χ4n) is 1.94. The van der Waals surface area contributed by atoms with Gasteiger partial charge >= 0.3 is 0 Å². The van der Waals surface area contributed by atoms with Gasteiger partial charge in [-0.05, 0) is 31.0 Å². The Labute approximate surface area is 143 Å². The Morgan fingerprint density at radius 1 is 1.21 bits per heavy atom. The molecule has 1 aromatic carbocycles. The van der Waals surface area contributed by atoms with Crippen molar-refractivity contribution in [3.05, 3.63) is 35.6 Å². The Kier molecular flexibility index (Phi) is 10.8. The highest BCUT2D eigenvalue weighted by atomic mass is 19.1. The maximum atomic E-state index is 12.9. The number of rotatable bonds is 11. The lowest BCUT2D eigenvalue weighted by atomic mass is 10.1. The first-order valence-electron chi connectivity index (χ1n) is 8.19. The van der Waals surface area contributed by atoms with E-state index in [0.29, 0.717) is 37.9 Å². The number of methoxy groups -OCH3 is 1. The molecule has 0 amide bonds. The fraction of sp³-hybridized carbons (Fsp3) is 0.588. The molecule has 1 unspecified atom stereocenters. The van der Waals surface area contributed by atoms with Crippen LogP contribution in [0.15, 0.2) is 29.3 Å². The standard InChI is InChI=1S/C17H28FN3O3/c1-3-19-17(20-9-4-10-24-12-11-23-2)21-13-16(22)14-5-7-15(18)8-6-14/h5-8,16,22H,3-4,9-13H2,1-2H3,(H2,19,20,21). The minimum atomic E-state index is -0.765. The first-order chi connectivity index (χ1) is 11.7. The van der Waals surface area contributed by atoms with E-state index < -0.39 is 6.10 Å². The SMILES string of the molecule is CCNC(=NCC(O)c1ccc(F)cc1)NCCCOCCOC. The second-order valence-electron chi connectivity index (χ2n) is 5.17. The van der Waals surface area contributed by atoms with Crippen molar-refractivity contribution in [3.63, 3.8) is 0 Å². The van der Waals surface area contributed by atoms with Gasteiger partial charge in [-0.1, -0.05) is 12.1 Å². The summed E-state index contributed by atoms with van der Waals surface area (Å²) in [5, 5.41) is 16.4. The van der Waals surface area contributed by atoms with Gasteiger partial charge in [-0.3, -0.25) is 4.99 Å². The van der Waals surface area contributed by atoms with E-state index in [1.54, 1.807) is 19.2 Å². The second kappa shape index (κ2) is 12.7. The molecular formula is C17H28FN3O3. The van der Waals surface area contributed by atoms with E-state index >= 15 is 0 Å². The Hall–Kier alpha value is -1.70. The molecule has 0 heterocycles. The third-order valence-corrected chi connectivity index (χ3v) is 3.21. The lowest BCUT2D eigenvalue weighted by Crippen LogP contribution is -2.38. The molecule has 136 valence electrons. The number of halogens is 1. The number of guanidine groups is 1. The van der Waals surface area contributed by atoms with Crippen molar-refractivity contribution in [2.24, 2.45) is 4.99 Å². The predicted molar refractivity (Wildman–Crippen MR) is 92.7 cm³/mol. The molecule has 1 aromatic rings. The van der Waals surface area contributed by atoms with Crippen molar-refractivity contribution in [1.82, 2.24) is 10.6 Å². The van der Waals surface area contributed by atoms with Gasteiger partial charge < -0.3 is 25.2 Å². The number of nitrogens with zero attached hydrogens (tertiary/aromatic N) is 1. The van der Waals surface area contributed by atoms with Gasteiger partial charge in [0.25, 0.3) is 0 Å². The molecule has 0 saturated carbocycles. The van der Waals surface area contributed by atoms with E-state index in [1.165, 1.54) is 12.1 Å². The highest BCUT2D eigenvalue weighted by Crippen LogP contribution is 2.13. The van der Waals surface area contributed by atoms with Crippen molar-refractivity contribution in [3.8, 4) is 0 Å². The highest BCUT2D eigenvalue weighted by molar-refractivity contribution is 5.79. The zero-order valence-corrected chi connectivity index (χ0v) is 14.4. The monoisotopic (exact) mass is 341 g/mol. The number of hydrogen-bond donors (Lipinski definition) is 3. The van der Waals surface area contributed by atoms with Crippen molar-refractivity contribution < 1.29 is 19.0 Å². The number of aliphatic hydroxyl groups excluding tert-OH is 1. The molecule has 0 aliphatic carbocycles. The Balaban J connectivity index is 2.34. The van der Waals surface area contributed by atoms with Crippen molar-refractivity contribution in [1.29, 1.82) is 0 Å². The number of hydrogen-bond acceptors (Lipinski definition) is 4. The summed E-state index contributed by atoms with van der Waals surface area (Å²) < 4.78 is 23.2. The predicted octanol–water partition coefficient (Wildman–Crippen LogP) is 1.47. The molecule has 0 spiro atoms. The first kappa shape index (κ1) is 20.3.